The van der Waals surface area contributed by atoms with Gasteiger partial charge in [-0.1, -0.05) is 90.7 Å². The molecule has 0 aromatic heterocycles. The lowest BCUT2D eigenvalue weighted by Crippen LogP contribution is -2.15. The molecule has 0 aliphatic heterocycles. The second kappa shape index (κ2) is 15.7. The third-order valence-corrected chi connectivity index (χ3v) is 8.05. The number of aryl methyl sites for hydroxylation is 1. The highest BCUT2D eigenvalue weighted by Crippen LogP contribution is 2.34. The summed E-state index contributed by atoms with van der Waals surface area (Å²) < 4.78 is 11.4. The maximum atomic E-state index is 12.6. The van der Waals surface area contributed by atoms with E-state index in [2.05, 4.69) is 32.9 Å². The zero-order valence-corrected chi connectivity index (χ0v) is 23.0. The van der Waals surface area contributed by atoms with Gasteiger partial charge in [-0.15, -0.1) is 0 Å². The van der Waals surface area contributed by atoms with Crippen molar-refractivity contribution in [2.24, 2.45) is 17.8 Å². The molecule has 1 unspecified atom stereocenters. The van der Waals surface area contributed by atoms with Crippen LogP contribution in [0.5, 0.6) is 11.5 Å². The Morgan fingerprint density at radius 3 is 2.11 bits per heavy atom. The van der Waals surface area contributed by atoms with Crippen molar-refractivity contribution >= 4 is 5.97 Å². The molecular weight excluding hydrogens is 444 g/mol. The molecule has 2 aromatic carbocycles. The van der Waals surface area contributed by atoms with E-state index in [1.165, 1.54) is 76.2 Å². The Bertz CT molecular complexity index is 863. The van der Waals surface area contributed by atoms with Crippen molar-refractivity contribution in [2.45, 2.75) is 104 Å². The van der Waals surface area contributed by atoms with E-state index in [9.17, 15) is 4.79 Å². The second-order valence-electron chi connectivity index (χ2n) is 11.0. The highest BCUT2D eigenvalue weighted by molar-refractivity contribution is 5.91. The minimum absolute atomic E-state index is 0.332. The van der Waals surface area contributed by atoms with Crippen molar-refractivity contribution in [2.75, 3.05) is 6.61 Å². The quantitative estimate of drug-likeness (QED) is 0.141. The maximum absolute atomic E-state index is 12.6. The van der Waals surface area contributed by atoms with Crippen LogP contribution in [0.15, 0.2) is 48.5 Å². The molecule has 1 atom stereocenters. The molecular formula is C33H48O3. The predicted octanol–water partition coefficient (Wildman–Crippen LogP) is 9.43. The molecule has 0 heterocycles. The summed E-state index contributed by atoms with van der Waals surface area (Å²) in [5.74, 6) is 3.65. The molecule has 1 fully saturated rings. The summed E-state index contributed by atoms with van der Waals surface area (Å²) in [7, 11) is 0. The van der Waals surface area contributed by atoms with E-state index in [0.29, 0.717) is 17.9 Å². The number of benzene rings is 2. The first-order valence-electron chi connectivity index (χ1n) is 14.6. The SMILES string of the molecule is CCCCCC1CCC(CCc2ccc(OC(=O)c3ccc(OCCCC(C)CC)cc3)cc2)CC1. The second-order valence-corrected chi connectivity index (χ2v) is 11.0. The van der Waals surface area contributed by atoms with Gasteiger partial charge in [0.25, 0.3) is 0 Å². The number of carbonyl (C=O) groups is 1. The van der Waals surface area contributed by atoms with Gasteiger partial charge in [0, 0.05) is 0 Å². The molecule has 3 rings (SSSR count). The van der Waals surface area contributed by atoms with Crippen LogP contribution in [-0.4, -0.2) is 12.6 Å². The minimum Gasteiger partial charge on any atom is -0.494 e. The van der Waals surface area contributed by atoms with E-state index >= 15 is 0 Å². The van der Waals surface area contributed by atoms with Crippen LogP contribution >= 0.6 is 0 Å². The monoisotopic (exact) mass is 492 g/mol. The van der Waals surface area contributed by atoms with E-state index in [1.807, 2.05) is 24.3 Å². The zero-order chi connectivity index (χ0) is 25.6. The number of hydrogen-bond acceptors (Lipinski definition) is 3. The van der Waals surface area contributed by atoms with E-state index < -0.39 is 0 Å². The first-order chi connectivity index (χ1) is 17.6. The summed E-state index contributed by atoms with van der Waals surface area (Å²) in [5.41, 5.74) is 1.87. The van der Waals surface area contributed by atoms with Crippen molar-refractivity contribution in [3.8, 4) is 11.5 Å². The smallest absolute Gasteiger partial charge is 0.343 e. The summed E-state index contributed by atoms with van der Waals surface area (Å²) in [6, 6.07) is 15.3. The average Bonchev–Trinajstić information content (AvgIpc) is 2.91. The maximum Gasteiger partial charge on any atom is 0.343 e. The number of rotatable bonds is 15. The molecule has 198 valence electrons. The Hall–Kier alpha value is -2.29. The highest BCUT2D eigenvalue weighted by Gasteiger charge is 2.20. The predicted molar refractivity (Wildman–Crippen MR) is 150 cm³/mol. The van der Waals surface area contributed by atoms with Crippen LogP contribution in [0.3, 0.4) is 0 Å². The van der Waals surface area contributed by atoms with Gasteiger partial charge in [-0.2, -0.15) is 0 Å². The molecule has 0 N–H and O–H groups in total. The van der Waals surface area contributed by atoms with Crippen LogP contribution in [0.1, 0.15) is 114 Å². The van der Waals surface area contributed by atoms with Crippen LogP contribution in [0.25, 0.3) is 0 Å². The van der Waals surface area contributed by atoms with Crippen LogP contribution < -0.4 is 9.47 Å². The molecule has 2 aromatic rings. The lowest BCUT2D eigenvalue weighted by Gasteiger charge is -2.28. The normalized spacial score (nSPS) is 18.5. The van der Waals surface area contributed by atoms with Crippen molar-refractivity contribution in [1.82, 2.24) is 0 Å². The van der Waals surface area contributed by atoms with Crippen molar-refractivity contribution in [3.05, 3.63) is 59.7 Å². The van der Waals surface area contributed by atoms with E-state index in [4.69, 9.17) is 9.47 Å². The fraction of sp³-hybridized carbons (Fsp3) is 0.606. The number of ether oxygens (including phenoxy) is 2. The van der Waals surface area contributed by atoms with Crippen LogP contribution in [-0.2, 0) is 6.42 Å². The van der Waals surface area contributed by atoms with Gasteiger partial charge in [0.2, 0.25) is 0 Å². The first-order valence-corrected chi connectivity index (χ1v) is 14.6. The van der Waals surface area contributed by atoms with Crippen LogP contribution in [0.4, 0.5) is 0 Å². The molecule has 1 aliphatic rings. The number of carbonyl (C=O) groups excluding carboxylic acids is 1. The Morgan fingerprint density at radius 1 is 0.833 bits per heavy atom. The summed E-state index contributed by atoms with van der Waals surface area (Å²) in [5, 5.41) is 0. The van der Waals surface area contributed by atoms with Gasteiger partial charge in [0.1, 0.15) is 11.5 Å². The number of hydrogen-bond donors (Lipinski definition) is 0. The van der Waals surface area contributed by atoms with Crippen molar-refractivity contribution < 1.29 is 14.3 Å². The van der Waals surface area contributed by atoms with Gasteiger partial charge in [-0.05, 0) is 85.4 Å². The van der Waals surface area contributed by atoms with Gasteiger partial charge >= 0.3 is 5.97 Å². The molecule has 0 bridgehead atoms. The standard InChI is InChI=1S/C33H48O3/c1-4-6-7-10-27-11-13-28(14-12-27)15-16-29-17-21-32(22-18-29)36-33(34)30-19-23-31(24-20-30)35-25-8-9-26(3)5-2/h17-24,26-28H,4-16,25H2,1-3H3. The van der Waals surface area contributed by atoms with Crippen LogP contribution in [0.2, 0.25) is 0 Å². The van der Waals surface area contributed by atoms with Gasteiger partial charge in [-0.3, -0.25) is 0 Å². The van der Waals surface area contributed by atoms with Crippen molar-refractivity contribution in [1.29, 1.82) is 0 Å². The molecule has 0 amide bonds. The number of unbranched alkanes of at least 4 members (excludes halogenated alkanes) is 2. The Labute approximate surface area is 220 Å². The largest absolute Gasteiger partial charge is 0.494 e. The van der Waals surface area contributed by atoms with Crippen LogP contribution in [0, 0.1) is 17.8 Å². The fourth-order valence-corrected chi connectivity index (χ4v) is 5.27. The third-order valence-electron chi connectivity index (χ3n) is 8.05. The average molecular weight is 493 g/mol. The molecule has 3 heteroatoms. The highest BCUT2D eigenvalue weighted by atomic mass is 16.5. The topological polar surface area (TPSA) is 35.5 Å². The lowest BCUT2D eigenvalue weighted by atomic mass is 9.78. The lowest BCUT2D eigenvalue weighted by molar-refractivity contribution is 0.0734. The summed E-state index contributed by atoms with van der Waals surface area (Å²) >= 11 is 0. The first kappa shape index (κ1) is 28.3. The fourth-order valence-electron chi connectivity index (χ4n) is 5.27. The Kier molecular flexibility index (Phi) is 12.4. The number of esters is 1. The Balaban J connectivity index is 1.35. The Morgan fingerprint density at radius 2 is 1.47 bits per heavy atom. The summed E-state index contributed by atoms with van der Waals surface area (Å²) in [4.78, 5) is 12.6. The molecule has 36 heavy (non-hydrogen) atoms. The molecule has 0 spiro atoms. The van der Waals surface area contributed by atoms with E-state index in [1.54, 1.807) is 12.1 Å². The minimum atomic E-state index is -0.332. The van der Waals surface area contributed by atoms with E-state index in [-0.39, 0.29) is 5.97 Å². The summed E-state index contributed by atoms with van der Waals surface area (Å²) in [6.07, 6.45) is 17.0. The molecule has 1 saturated carbocycles. The van der Waals surface area contributed by atoms with Gasteiger partial charge < -0.3 is 9.47 Å². The van der Waals surface area contributed by atoms with Crippen molar-refractivity contribution in [3.63, 3.8) is 0 Å². The van der Waals surface area contributed by atoms with E-state index in [0.717, 1.165) is 36.3 Å². The van der Waals surface area contributed by atoms with Gasteiger partial charge in [0.05, 0.1) is 12.2 Å². The van der Waals surface area contributed by atoms with Gasteiger partial charge in [0.15, 0.2) is 0 Å². The molecule has 1 aliphatic carbocycles. The van der Waals surface area contributed by atoms with Gasteiger partial charge in [-0.25, -0.2) is 4.79 Å². The molecule has 0 saturated heterocycles. The molecule has 0 radical (unpaired) electrons. The zero-order valence-electron chi connectivity index (χ0n) is 23.0. The third kappa shape index (κ3) is 9.99. The molecule has 3 nitrogen and oxygen atoms in total. The summed E-state index contributed by atoms with van der Waals surface area (Å²) in [6.45, 7) is 7.49.